The smallest absolute Gasteiger partial charge is 0.126 e. The van der Waals surface area contributed by atoms with Gasteiger partial charge in [0.1, 0.15) is 5.82 Å². The monoisotopic (exact) mass is 263 g/mol. The molecule has 0 aromatic heterocycles. The summed E-state index contributed by atoms with van der Waals surface area (Å²) in [6.07, 6.45) is 6.06. The quantitative estimate of drug-likeness (QED) is 0.812. The molecule has 19 heavy (non-hydrogen) atoms. The van der Waals surface area contributed by atoms with Gasteiger partial charge in [-0.05, 0) is 49.3 Å². The molecule has 1 aromatic rings. The van der Waals surface area contributed by atoms with Crippen molar-refractivity contribution in [2.45, 2.75) is 52.0 Å². The molecule has 3 unspecified atom stereocenters. The highest BCUT2D eigenvalue weighted by molar-refractivity contribution is 5.18. The van der Waals surface area contributed by atoms with Crippen molar-refractivity contribution in [1.29, 1.82) is 0 Å². The topological polar surface area (TPSA) is 12.0 Å². The Labute approximate surface area is 116 Å². The number of likely N-dealkylation sites (N-methyl/N-ethyl adjacent to an activating group) is 1. The minimum absolute atomic E-state index is 0.0598. The minimum atomic E-state index is -0.0598. The number of hydrogen-bond acceptors (Lipinski definition) is 1. The lowest BCUT2D eigenvalue weighted by molar-refractivity contribution is 0.346. The van der Waals surface area contributed by atoms with Gasteiger partial charge in [-0.3, -0.25) is 0 Å². The lowest BCUT2D eigenvalue weighted by atomic mass is 9.90. The van der Waals surface area contributed by atoms with Crippen LogP contribution in [0.5, 0.6) is 0 Å². The molecule has 0 radical (unpaired) electrons. The predicted octanol–water partition coefficient (Wildman–Crippen LogP) is 4.17. The molecule has 2 heteroatoms. The summed E-state index contributed by atoms with van der Waals surface area (Å²) in [6, 6.07) is 7.63. The van der Waals surface area contributed by atoms with Gasteiger partial charge in [0.25, 0.3) is 0 Å². The van der Waals surface area contributed by atoms with Gasteiger partial charge in [0.2, 0.25) is 0 Å². The Balaban J connectivity index is 2.02. The van der Waals surface area contributed by atoms with E-state index in [2.05, 4.69) is 19.2 Å². The molecule has 1 fully saturated rings. The Bertz CT molecular complexity index is 391. The Morgan fingerprint density at radius 2 is 2.05 bits per heavy atom. The van der Waals surface area contributed by atoms with Crippen molar-refractivity contribution in [3.8, 4) is 0 Å². The van der Waals surface area contributed by atoms with Gasteiger partial charge in [0.05, 0.1) is 0 Å². The first-order chi connectivity index (χ1) is 9.24. The van der Waals surface area contributed by atoms with Crippen molar-refractivity contribution in [2.75, 3.05) is 6.54 Å². The molecule has 1 nitrogen and oxygen atoms in total. The van der Waals surface area contributed by atoms with Gasteiger partial charge in [-0.25, -0.2) is 4.39 Å². The van der Waals surface area contributed by atoms with E-state index in [1.165, 1.54) is 25.7 Å². The first kappa shape index (κ1) is 14.5. The molecule has 2 rings (SSSR count). The maximum atomic E-state index is 13.8. The van der Waals surface area contributed by atoms with Crippen LogP contribution in [0.2, 0.25) is 0 Å². The zero-order chi connectivity index (χ0) is 13.7. The van der Waals surface area contributed by atoms with Gasteiger partial charge in [-0.2, -0.15) is 0 Å². The van der Waals surface area contributed by atoms with E-state index in [9.17, 15) is 4.39 Å². The Morgan fingerprint density at radius 1 is 1.26 bits per heavy atom. The maximum Gasteiger partial charge on any atom is 0.126 e. The summed E-state index contributed by atoms with van der Waals surface area (Å²) < 4.78 is 13.8. The molecule has 1 aliphatic carbocycles. The highest BCUT2D eigenvalue weighted by atomic mass is 19.1. The summed E-state index contributed by atoms with van der Waals surface area (Å²) in [4.78, 5) is 0. The van der Waals surface area contributed by atoms with Crippen molar-refractivity contribution in [1.82, 2.24) is 5.32 Å². The second-order valence-corrected chi connectivity index (χ2v) is 5.81. The second-order valence-electron chi connectivity index (χ2n) is 5.81. The SMILES string of the molecule is CCNC(Cc1ccccc1F)C1CCC(CC)C1. The minimum Gasteiger partial charge on any atom is -0.314 e. The molecule has 0 aliphatic heterocycles. The van der Waals surface area contributed by atoms with Crippen LogP contribution in [-0.4, -0.2) is 12.6 Å². The van der Waals surface area contributed by atoms with Gasteiger partial charge < -0.3 is 5.32 Å². The summed E-state index contributed by atoms with van der Waals surface area (Å²) in [6.45, 7) is 5.39. The number of benzene rings is 1. The summed E-state index contributed by atoms with van der Waals surface area (Å²) >= 11 is 0. The first-order valence-corrected chi connectivity index (χ1v) is 7.71. The average molecular weight is 263 g/mol. The molecule has 0 saturated heterocycles. The fourth-order valence-electron chi connectivity index (χ4n) is 3.42. The van der Waals surface area contributed by atoms with Gasteiger partial charge in [-0.15, -0.1) is 0 Å². The van der Waals surface area contributed by atoms with Crippen LogP contribution >= 0.6 is 0 Å². The van der Waals surface area contributed by atoms with Gasteiger partial charge >= 0.3 is 0 Å². The third-order valence-electron chi connectivity index (χ3n) is 4.59. The van der Waals surface area contributed by atoms with E-state index in [0.717, 1.165) is 24.4 Å². The van der Waals surface area contributed by atoms with Crippen molar-refractivity contribution >= 4 is 0 Å². The highest BCUT2D eigenvalue weighted by Gasteiger charge is 2.29. The van der Waals surface area contributed by atoms with Crippen molar-refractivity contribution in [3.63, 3.8) is 0 Å². The second kappa shape index (κ2) is 7.04. The Hall–Kier alpha value is -0.890. The predicted molar refractivity (Wildman–Crippen MR) is 78.7 cm³/mol. The largest absolute Gasteiger partial charge is 0.314 e. The van der Waals surface area contributed by atoms with E-state index in [1.54, 1.807) is 12.1 Å². The summed E-state index contributed by atoms with van der Waals surface area (Å²) in [5, 5.41) is 3.58. The van der Waals surface area contributed by atoms with Gasteiger partial charge in [0.15, 0.2) is 0 Å². The van der Waals surface area contributed by atoms with Gasteiger partial charge in [0, 0.05) is 6.04 Å². The van der Waals surface area contributed by atoms with E-state index in [0.29, 0.717) is 12.0 Å². The van der Waals surface area contributed by atoms with E-state index >= 15 is 0 Å². The average Bonchev–Trinajstić information content (AvgIpc) is 2.89. The van der Waals surface area contributed by atoms with Crippen molar-refractivity contribution in [3.05, 3.63) is 35.6 Å². The number of rotatable bonds is 6. The molecule has 1 N–H and O–H groups in total. The Morgan fingerprint density at radius 3 is 2.68 bits per heavy atom. The van der Waals surface area contributed by atoms with Crippen LogP contribution < -0.4 is 5.32 Å². The van der Waals surface area contributed by atoms with E-state index in [4.69, 9.17) is 0 Å². The molecule has 1 aromatic carbocycles. The van der Waals surface area contributed by atoms with Crippen molar-refractivity contribution < 1.29 is 4.39 Å². The van der Waals surface area contributed by atoms with Crippen LogP contribution in [0.25, 0.3) is 0 Å². The van der Waals surface area contributed by atoms with Crippen LogP contribution in [0.15, 0.2) is 24.3 Å². The van der Waals surface area contributed by atoms with Crippen molar-refractivity contribution in [2.24, 2.45) is 11.8 Å². The standard InChI is InChI=1S/C17H26FN/c1-3-13-9-10-15(11-13)17(19-4-2)12-14-7-5-6-8-16(14)18/h5-8,13,15,17,19H,3-4,9-12H2,1-2H3. The third kappa shape index (κ3) is 3.79. The van der Waals surface area contributed by atoms with Crippen LogP contribution in [0, 0.1) is 17.7 Å². The molecular weight excluding hydrogens is 237 g/mol. The fourth-order valence-corrected chi connectivity index (χ4v) is 3.42. The highest BCUT2D eigenvalue weighted by Crippen LogP contribution is 2.35. The molecule has 1 aliphatic rings. The molecule has 3 atom stereocenters. The molecule has 0 amide bonds. The maximum absolute atomic E-state index is 13.8. The summed E-state index contributed by atoms with van der Waals surface area (Å²) in [5.41, 5.74) is 0.855. The van der Waals surface area contributed by atoms with Crippen LogP contribution in [0.4, 0.5) is 4.39 Å². The number of halogens is 1. The Kier molecular flexibility index (Phi) is 5.38. The molecule has 0 spiro atoms. The molecule has 0 heterocycles. The van der Waals surface area contributed by atoms with E-state index in [1.807, 2.05) is 12.1 Å². The lowest BCUT2D eigenvalue weighted by Gasteiger charge is -2.25. The molecule has 1 saturated carbocycles. The van der Waals surface area contributed by atoms with E-state index in [-0.39, 0.29) is 5.82 Å². The summed E-state index contributed by atoms with van der Waals surface area (Å²) in [5.74, 6) is 1.53. The molecular formula is C17H26FN. The molecule has 0 bridgehead atoms. The van der Waals surface area contributed by atoms with Crippen LogP contribution in [0.3, 0.4) is 0 Å². The fraction of sp³-hybridized carbons (Fsp3) is 0.647. The first-order valence-electron chi connectivity index (χ1n) is 7.71. The third-order valence-corrected chi connectivity index (χ3v) is 4.59. The summed E-state index contributed by atoms with van der Waals surface area (Å²) in [7, 11) is 0. The van der Waals surface area contributed by atoms with Crippen LogP contribution in [0.1, 0.15) is 45.1 Å². The normalized spacial score (nSPS) is 24.6. The van der Waals surface area contributed by atoms with Crippen LogP contribution in [-0.2, 0) is 6.42 Å². The van der Waals surface area contributed by atoms with E-state index < -0.39 is 0 Å². The van der Waals surface area contributed by atoms with Gasteiger partial charge in [-0.1, -0.05) is 44.9 Å². The lowest BCUT2D eigenvalue weighted by Crippen LogP contribution is -2.37. The zero-order valence-electron chi connectivity index (χ0n) is 12.2. The molecule has 106 valence electrons. The number of hydrogen-bond donors (Lipinski definition) is 1. The number of nitrogens with one attached hydrogen (secondary N) is 1. The zero-order valence-corrected chi connectivity index (χ0v) is 12.2.